The minimum atomic E-state index is -0.590. The largest absolute Gasteiger partial charge is 0.497 e. The third kappa shape index (κ3) is 5.31. The summed E-state index contributed by atoms with van der Waals surface area (Å²) in [7, 11) is 3.30. The fourth-order valence-corrected chi connectivity index (χ4v) is 4.77. The Morgan fingerprint density at radius 3 is 2.47 bits per heavy atom. The quantitative estimate of drug-likeness (QED) is 0.370. The molecule has 0 saturated carbocycles. The normalized spacial score (nSPS) is 20.7. The van der Waals surface area contributed by atoms with Crippen molar-refractivity contribution in [2.45, 2.75) is 38.3 Å². The summed E-state index contributed by atoms with van der Waals surface area (Å²) in [5.41, 5.74) is 2.00. The molecule has 4 rings (SSSR count). The fourth-order valence-electron chi connectivity index (χ4n) is 4.77. The van der Waals surface area contributed by atoms with Crippen molar-refractivity contribution in [2.24, 2.45) is 0 Å². The highest BCUT2D eigenvalue weighted by molar-refractivity contribution is 5.89. The van der Waals surface area contributed by atoms with Gasteiger partial charge in [-0.2, -0.15) is 0 Å². The standard InChI is InChI=1S/C27H36N2O5/c1-4-20-9-5-6-10-23(20)34-26-25(22-19-21(31-2)11-12-24(22)32-3)29(27(26)30)14-8-7-13-28-15-17-33-18-16-28/h5-6,9-12,19,25-26H,4,7-8,13-18H2,1-3H3/t25-,26+/m0/s1. The number of hydrogen-bond acceptors (Lipinski definition) is 6. The summed E-state index contributed by atoms with van der Waals surface area (Å²) in [5, 5.41) is 0. The van der Waals surface area contributed by atoms with Crippen LogP contribution in [-0.4, -0.2) is 75.4 Å². The Bertz CT molecular complexity index is 960. The number of para-hydroxylation sites is 1. The molecular weight excluding hydrogens is 432 g/mol. The van der Waals surface area contributed by atoms with Crippen LogP contribution in [0.2, 0.25) is 0 Å². The third-order valence-corrected chi connectivity index (χ3v) is 6.74. The Morgan fingerprint density at radius 1 is 0.971 bits per heavy atom. The van der Waals surface area contributed by atoms with Crippen LogP contribution in [0.3, 0.4) is 0 Å². The first-order valence-corrected chi connectivity index (χ1v) is 12.2. The second-order valence-corrected chi connectivity index (χ2v) is 8.75. The number of rotatable bonds is 11. The Morgan fingerprint density at radius 2 is 1.74 bits per heavy atom. The van der Waals surface area contributed by atoms with E-state index in [0.29, 0.717) is 6.54 Å². The number of ether oxygens (including phenoxy) is 4. The number of nitrogens with zero attached hydrogens (tertiary/aromatic N) is 2. The summed E-state index contributed by atoms with van der Waals surface area (Å²) in [5.74, 6) is 2.25. The van der Waals surface area contributed by atoms with Crippen LogP contribution in [0, 0.1) is 0 Å². The number of likely N-dealkylation sites (tertiary alicyclic amines) is 1. The Labute approximate surface area is 202 Å². The molecule has 2 saturated heterocycles. The minimum absolute atomic E-state index is 0.0205. The van der Waals surface area contributed by atoms with Crippen molar-refractivity contribution in [3.8, 4) is 17.2 Å². The predicted molar refractivity (Wildman–Crippen MR) is 131 cm³/mol. The highest BCUT2D eigenvalue weighted by Gasteiger charge is 2.51. The van der Waals surface area contributed by atoms with Gasteiger partial charge in [0.25, 0.3) is 5.91 Å². The molecule has 0 aromatic heterocycles. The van der Waals surface area contributed by atoms with Crippen molar-refractivity contribution in [3.05, 3.63) is 53.6 Å². The van der Waals surface area contributed by atoms with Gasteiger partial charge < -0.3 is 23.8 Å². The van der Waals surface area contributed by atoms with E-state index in [0.717, 1.165) is 80.5 Å². The molecule has 2 atom stereocenters. The lowest BCUT2D eigenvalue weighted by Crippen LogP contribution is -2.61. The SMILES string of the molecule is CCc1ccccc1O[C@H]1C(=O)N(CCCCN2CCOCC2)[C@H]1c1cc(OC)ccc1OC. The number of hydrogen-bond donors (Lipinski definition) is 0. The second-order valence-electron chi connectivity index (χ2n) is 8.75. The molecule has 0 bridgehead atoms. The highest BCUT2D eigenvalue weighted by Crippen LogP contribution is 2.43. The number of carbonyl (C=O) groups excluding carboxylic acids is 1. The molecule has 2 fully saturated rings. The zero-order chi connectivity index (χ0) is 23.9. The van der Waals surface area contributed by atoms with Gasteiger partial charge in [0.05, 0.1) is 27.4 Å². The van der Waals surface area contributed by atoms with E-state index in [4.69, 9.17) is 18.9 Å². The van der Waals surface area contributed by atoms with Crippen molar-refractivity contribution in [2.75, 3.05) is 53.6 Å². The number of benzene rings is 2. The lowest BCUT2D eigenvalue weighted by molar-refractivity contribution is -0.164. The van der Waals surface area contributed by atoms with Gasteiger partial charge in [-0.25, -0.2) is 0 Å². The van der Waals surface area contributed by atoms with Gasteiger partial charge in [-0.15, -0.1) is 0 Å². The number of amides is 1. The van der Waals surface area contributed by atoms with E-state index in [1.165, 1.54) is 0 Å². The molecule has 2 aliphatic rings. The molecule has 2 heterocycles. The average Bonchev–Trinajstić information content (AvgIpc) is 2.89. The van der Waals surface area contributed by atoms with Gasteiger partial charge in [0, 0.05) is 25.2 Å². The first-order chi connectivity index (χ1) is 16.7. The summed E-state index contributed by atoms with van der Waals surface area (Å²) >= 11 is 0. The van der Waals surface area contributed by atoms with E-state index in [1.807, 2.05) is 47.4 Å². The Hall–Kier alpha value is -2.77. The topological polar surface area (TPSA) is 60.5 Å². The molecule has 184 valence electrons. The summed E-state index contributed by atoms with van der Waals surface area (Å²) in [6.45, 7) is 7.39. The molecule has 34 heavy (non-hydrogen) atoms. The van der Waals surface area contributed by atoms with E-state index in [1.54, 1.807) is 14.2 Å². The molecule has 1 amide bonds. The number of methoxy groups -OCH3 is 2. The minimum Gasteiger partial charge on any atom is -0.497 e. The van der Waals surface area contributed by atoms with Crippen molar-refractivity contribution in [1.82, 2.24) is 9.80 Å². The maximum absolute atomic E-state index is 13.3. The third-order valence-electron chi connectivity index (χ3n) is 6.74. The van der Waals surface area contributed by atoms with Crippen LogP contribution in [0.25, 0.3) is 0 Å². The second kappa shape index (κ2) is 11.6. The summed E-state index contributed by atoms with van der Waals surface area (Å²) in [4.78, 5) is 17.7. The number of unbranched alkanes of at least 4 members (excludes halogenated alkanes) is 1. The van der Waals surface area contributed by atoms with Gasteiger partial charge in [-0.1, -0.05) is 25.1 Å². The Kier molecular flexibility index (Phi) is 8.29. The molecule has 0 unspecified atom stereocenters. The van der Waals surface area contributed by atoms with Crippen LogP contribution in [0.15, 0.2) is 42.5 Å². The zero-order valence-corrected chi connectivity index (χ0v) is 20.5. The van der Waals surface area contributed by atoms with Crippen LogP contribution in [0.5, 0.6) is 17.2 Å². The van der Waals surface area contributed by atoms with Crippen LogP contribution in [0.4, 0.5) is 0 Å². The predicted octanol–water partition coefficient (Wildman–Crippen LogP) is 3.71. The maximum atomic E-state index is 13.3. The lowest BCUT2D eigenvalue weighted by Gasteiger charge is -2.47. The van der Waals surface area contributed by atoms with Crippen LogP contribution < -0.4 is 14.2 Å². The molecule has 2 aromatic rings. The van der Waals surface area contributed by atoms with Crippen LogP contribution in [0.1, 0.15) is 36.9 Å². The summed E-state index contributed by atoms with van der Waals surface area (Å²) in [6.07, 6.45) is 2.23. The zero-order valence-electron chi connectivity index (χ0n) is 20.5. The highest BCUT2D eigenvalue weighted by atomic mass is 16.5. The van der Waals surface area contributed by atoms with Crippen molar-refractivity contribution in [3.63, 3.8) is 0 Å². The lowest BCUT2D eigenvalue weighted by atomic mass is 9.89. The molecule has 2 aromatic carbocycles. The molecule has 7 nitrogen and oxygen atoms in total. The molecular formula is C27H36N2O5. The number of aryl methyl sites for hydroxylation is 1. The van der Waals surface area contributed by atoms with Gasteiger partial charge in [-0.05, 0) is 55.6 Å². The van der Waals surface area contributed by atoms with E-state index >= 15 is 0 Å². The van der Waals surface area contributed by atoms with Crippen molar-refractivity contribution in [1.29, 1.82) is 0 Å². The Balaban J connectivity index is 1.51. The summed E-state index contributed by atoms with van der Waals surface area (Å²) in [6, 6.07) is 13.4. The van der Waals surface area contributed by atoms with Crippen molar-refractivity contribution >= 4 is 5.91 Å². The smallest absolute Gasteiger partial charge is 0.266 e. The number of carbonyl (C=O) groups is 1. The number of morpholine rings is 1. The average molecular weight is 469 g/mol. The number of β-lactam (4-membered cyclic amide) rings is 1. The van der Waals surface area contributed by atoms with E-state index in [2.05, 4.69) is 11.8 Å². The summed E-state index contributed by atoms with van der Waals surface area (Å²) < 4.78 is 22.9. The fraction of sp³-hybridized carbons (Fsp3) is 0.519. The van der Waals surface area contributed by atoms with E-state index < -0.39 is 6.10 Å². The molecule has 0 spiro atoms. The van der Waals surface area contributed by atoms with Gasteiger partial charge in [-0.3, -0.25) is 9.69 Å². The first kappa shape index (κ1) is 24.4. The molecule has 7 heteroatoms. The van der Waals surface area contributed by atoms with E-state index in [-0.39, 0.29) is 11.9 Å². The van der Waals surface area contributed by atoms with Gasteiger partial charge in [0.2, 0.25) is 6.10 Å². The molecule has 0 radical (unpaired) electrons. The molecule has 2 aliphatic heterocycles. The maximum Gasteiger partial charge on any atom is 0.266 e. The van der Waals surface area contributed by atoms with Crippen LogP contribution in [-0.2, 0) is 16.0 Å². The first-order valence-electron chi connectivity index (χ1n) is 12.2. The van der Waals surface area contributed by atoms with Crippen LogP contribution >= 0.6 is 0 Å². The van der Waals surface area contributed by atoms with Gasteiger partial charge in [0.15, 0.2) is 0 Å². The van der Waals surface area contributed by atoms with E-state index in [9.17, 15) is 4.79 Å². The monoisotopic (exact) mass is 468 g/mol. The van der Waals surface area contributed by atoms with Gasteiger partial charge >= 0.3 is 0 Å². The van der Waals surface area contributed by atoms with Crippen molar-refractivity contribution < 1.29 is 23.7 Å². The molecule has 0 N–H and O–H groups in total. The van der Waals surface area contributed by atoms with Gasteiger partial charge in [0.1, 0.15) is 23.3 Å². The molecule has 0 aliphatic carbocycles.